The lowest BCUT2D eigenvalue weighted by Gasteiger charge is -2.11. The maximum absolute atomic E-state index is 5.10. The Morgan fingerprint density at radius 1 is 1.40 bits per heavy atom. The Hall–Kier alpha value is -1.42. The van der Waals surface area contributed by atoms with Crippen LogP contribution in [-0.4, -0.2) is 14.8 Å². The average Bonchev–Trinajstić information content (AvgIpc) is 2.66. The Balaban J connectivity index is 2.14. The van der Waals surface area contributed by atoms with Crippen molar-refractivity contribution in [3.8, 4) is 0 Å². The van der Waals surface area contributed by atoms with Gasteiger partial charge in [0.25, 0.3) is 0 Å². The molecule has 0 spiro atoms. The number of nitrogens with one attached hydrogen (secondary N) is 1. The highest BCUT2D eigenvalue weighted by Crippen LogP contribution is 2.16. The van der Waals surface area contributed by atoms with Gasteiger partial charge in [-0.15, -0.1) is 0 Å². The van der Waals surface area contributed by atoms with Crippen molar-refractivity contribution >= 4 is 12.2 Å². The lowest BCUT2D eigenvalue weighted by Crippen LogP contribution is -2.05. The van der Waals surface area contributed by atoms with E-state index in [-0.39, 0.29) is 0 Å². The number of benzene rings is 1. The largest absolute Gasteiger partial charge is 0.306 e. The predicted octanol–water partition coefficient (Wildman–Crippen LogP) is 2.74. The van der Waals surface area contributed by atoms with E-state index in [2.05, 4.69) is 41.4 Å². The molecule has 78 valence electrons. The Kier molecular flexibility index (Phi) is 2.97. The number of rotatable bonds is 3. The molecule has 3 nitrogen and oxygen atoms in total. The van der Waals surface area contributed by atoms with Gasteiger partial charge in [0, 0.05) is 6.54 Å². The summed E-state index contributed by atoms with van der Waals surface area (Å²) in [7, 11) is 0. The topological polar surface area (TPSA) is 33.6 Å². The van der Waals surface area contributed by atoms with E-state index in [4.69, 9.17) is 12.2 Å². The summed E-state index contributed by atoms with van der Waals surface area (Å²) in [5.41, 5.74) is 1.32. The van der Waals surface area contributed by atoms with Crippen molar-refractivity contribution in [2.75, 3.05) is 0 Å². The highest BCUT2D eigenvalue weighted by molar-refractivity contribution is 7.71. The van der Waals surface area contributed by atoms with Crippen LogP contribution in [0.5, 0.6) is 0 Å². The van der Waals surface area contributed by atoms with Crippen LogP contribution in [0.15, 0.2) is 36.7 Å². The van der Waals surface area contributed by atoms with Gasteiger partial charge in [-0.25, -0.2) is 0 Å². The first-order valence-electron chi connectivity index (χ1n) is 4.92. The standard InChI is InChI=1S/C11H13N3S/c1-9(10-5-3-2-4-6-10)7-14-8-12-13-11(14)15/h2-6,8-9H,7H2,1H3,(H,13,15). The first-order chi connectivity index (χ1) is 7.27. The lowest BCUT2D eigenvalue weighted by molar-refractivity contribution is 0.590. The van der Waals surface area contributed by atoms with Gasteiger partial charge in [-0.3, -0.25) is 5.10 Å². The molecule has 1 aromatic heterocycles. The maximum Gasteiger partial charge on any atom is 0.194 e. The highest BCUT2D eigenvalue weighted by Gasteiger charge is 2.06. The van der Waals surface area contributed by atoms with Gasteiger partial charge >= 0.3 is 0 Å². The molecule has 1 aromatic carbocycles. The molecule has 0 aliphatic carbocycles. The van der Waals surface area contributed by atoms with E-state index in [1.54, 1.807) is 6.33 Å². The Bertz CT molecular complexity index is 472. The van der Waals surface area contributed by atoms with E-state index in [0.717, 1.165) is 6.54 Å². The third-order valence-corrected chi connectivity index (χ3v) is 2.78. The fourth-order valence-corrected chi connectivity index (χ4v) is 1.76. The van der Waals surface area contributed by atoms with Gasteiger partial charge in [-0.05, 0) is 23.7 Å². The van der Waals surface area contributed by atoms with E-state index in [1.165, 1.54) is 5.56 Å². The minimum Gasteiger partial charge on any atom is -0.306 e. The van der Waals surface area contributed by atoms with Crippen LogP contribution < -0.4 is 0 Å². The number of nitrogens with zero attached hydrogens (tertiary/aromatic N) is 2. The Morgan fingerprint density at radius 2 is 2.13 bits per heavy atom. The highest BCUT2D eigenvalue weighted by atomic mass is 32.1. The molecule has 1 heterocycles. The summed E-state index contributed by atoms with van der Waals surface area (Å²) in [6.45, 7) is 3.05. The van der Waals surface area contributed by atoms with Crippen molar-refractivity contribution < 1.29 is 0 Å². The molecule has 0 saturated carbocycles. The van der Waals surface area contributed by atoms with Crippen LogP contribution in [0.2, 0.25) is 0 Å². The summed E-state index contributed by atoms with van der Waals surface area (Å²) in [4.78, 5) is 0. The minimum absolute atomic E-state index is 0.440. The molecule has 0 radical (unpaired) electrons. The Labute approximate surface area is 93.8 Å². The molecule has 0 fully saturated rings. The summed E-state index contributed by atoms with van der Waals surface area (Å²) >= 11 is 5.10. The van der Waals surface area contributed by atoms with Gasteiger partial charge in [0.05, 0.1) is 0 Å². The summed E-state index contributed by atoms with van der Waals surface area (Å²) in [5, 5.41) is 6.66. The van der Waals surface area contributed by atoms with Gasteiger partial charge in [-0.1, -0.05) is 37.3 Å². The minimum atomic E-state index is 0.440. The molecular weight excluding hydrogens is 206 g/mol. The smallest absolute Gasteiger partial charge is 0.194 e. The molecule has 0 aliphatic rings. The first kappa shape index (κ1) is 10.1. The monoisotopic (exact) mass is 219 g/mol. The molecule has 4 heteroatoms. The van der Waals surface area contributed by atoms with Gasteiger partial charge < -0.3 is 4.57 Å². The molecule has 2 rings (SSSR count). The second-order valence-electron chi connectivity index (χ2n) is 3.63. The van der Waals surface area contributed by atoms with Crippen LogP contribution in [0.25, 0.3) is 0 Å². The first-order valence-corrected chi connectivity index (χ1v) is 5.33. The van der Waals surface area contributed by atoms with Crippen molar-refractivity contribution in [2.24, 2.45) is 0 Å². The molecule has 0 aliphatic heterocycles. The lowest BCUT2D eigenvalue weighted by atomic mass is 10.0. The van der Waals surface area contributed by atoms with E-state index >= 15 is 0 Å². The zero-order chi connectivity index (χ0) is 10.7. The maximum atomic E-state index is 5.10. The zero-order valence-corrected chi connectivity index (χ0v) is 9.37. The molecular formula is C11H13N3S. The molecule has 15 heavy (non-hydrogen) atoms. The van der Waals surface area contributed by atoms with Crippen LogP contribution >= 0.6 is 12.2 Å². The summed E-state index contributed by atoms with van der Waals surface area (Å²) in [5.74, 6) is 0.440. The van der Waals surface area contributed by atoms with E-state index < -0.39 is 0 Å². The predicted molar refractivity (Wildman–Crippen MR) is 62.3 cm³/mol. The molecule has 1 N–H and O–H groups in total. The third kappa shape index (κ3) is 2.33. The molecule has 0 saturated heterocycles. The van der Waals surface area contributed by atoms with Crippen LogP contribution in [0.3, 0.4) is 0 Å². The summed E-state index contributed by atoms with van der Waals surface area (Å²) < 4.78 is 2.63. The van der Waals surface area contributed by atoms with Gasteiger partial charge in [0.2, 0.25) is 0 Å². The fourth-order valence-electron chi connectivity index (χ4n) is 1.58. The second kappa shape index (κ2) is 4.40. The number of aromatic nitrogens is 3. The average molecular weight is 219 g/mol. The van der Waals surface area contributed by atoms with E-state index in [1.807, 2.05) is 10.6 Å². The van der Waals surface area contributed by atoms with Crippen LogP contribution in [0.1, 0.15) is 18.4 Å². The fraction of sp³-hybridized carbons (Fsp3) is 0.273. The molecule has 2 aromatic rings. The van der Waals surface area contributed by atoms with Crippen molar-refractivity contribution in [2.45, 2.75) is 19.4 Å². The van der Waals surface area contributed by atoms with Gasteiger partial charge in [0.15, 0.2) is 4.77 Å². The van der Waals surface area contributed by atoms with E-state index in [0.29, 0.717) is 10.7 Å². The molecule has 1 unspecified atom stereocenters. The van der Waals surface area contributed by atoms with Gasteiger partial charge in [0.1, 0.15) is 6.33 Å². The van der Waals surface area contributed by atoms with Crippen molar-refractivity contribution in [1.29, 1.82) is 0 Å². The summed E-state index contributed by atoms with van der Waals surface area (Å²) in [6.07, 6.45) is 1.74. The molecule has 1 atom stereocenters. The van der Waals surface area contributed by atoms with Crippen LogP contribution in [-0.2, 0) is 6.54 Å². The zero-order valence-electron chi connectivity index (χ0n) is 8.55. The normalized spacial score (nSPS) is 12.6. The van der Waals surface area contributed by atoms with Crippen LogP contribution in [0, 0.1) is 4.77 Å². The Morgan fingerprint density at radius 3 is 2.73 bits per heavy atom. The van der Waals surface area contributed by atoms with Crippen molar-refractivity contribution in [3.63, 3.8) is 0 Å². The SMILES string of the molecule is CC(Cn1cn[nH]c1=S)c1ccccc1. The molecule has 0 bridgehead atoms. The quantitative estimate of drug-likeness (QED) is 0.805. The number of aromatic amines is 1. The van der Waals surface area contributed by atoms with Crippen LogP contribution in [0.4, 0.5) is 0 Å². The number of H-pyrrole nitrogens is 1. The number of hydrogen-bond donors (Lipinski definition) is 1. The second-order valence-corrected chi connectivity index (χ2v) is 4.01. The van der Waals surface area contributed by atoms with Gasteiger partial charge in [-0.2, -0.15) is 5.10 Å². The van der Waals surface area contributed by atoms with Crippen molar-refractivity contribution in [1.82, 2.24) is 14.8 Å². The van der Waals surface area contributed by atoms with E-state index in [9.17, 15) is 0 Å². The van der Waals surface area contributed by atoms with Crippen molar-refractivity contribution in [3.05, 3.63) is 47.0 Å². The third-order valence-electron chi connectivity index (χ3n) is 2.46. The molecule has 0 amide bonds. The summed E-state index contributed by atoms with van der Waals surface area (Å²) in [6, 6.07) is 10.4. The number of hydrogen-bond acceptors (Lipinski definition) is 2.